The maximum Gasteiger partial charge on any atom is 0.190 e. The minimum atomic E-state index is 0.441. The first-order valence-electron chi connectivity index (χ1n) is 6.86. The molecule has 0 atom stereocenters. The Bertz CT molecular complexity index is 585. The second-order valence-corrected chi connectivity index (χ2v) is 5.57. The van der Waals surface area contributed by atoms with Crippen molar-refractivity contribution in [2.75, 3.05) is 29.6 Å². The Morgan fingerprint density at radius 3 is 2.38 bits per heavy atom. The average Bonchev–Trinajstić information content (AvgIpc) is 2.49. The number of nitrogens with one attached hydrogen (secondary N) is 1. The van der Waals surface area contributed by atoms with Gasteiger partial charge in [0, 0.05) is 30.5 Å². The maximum absolute atomic E-state index is 5.99. The molecule has 0 radical (unpaired) electrons. The molecule has 1 aromatic carbocycles. The third-order valence-electron chi connectivity index (χ3n) is 3.13. The van der Waals surface area contributed by atoms with Gasteiger partial charge in [-0.25, -0.2) is 9.97 Å². The van der Waals surface area contributed by atoms with Gasteiger partial charge in [-0.3, -0.25) is 0 Å². The highest BCUT2D eigenvalue weighted by molar-refractivity contribution is 7.98. The molecule has 112 valence electrons. The second-order valence-electron chi connectivity index (χ2n) is 4.41. The van der Waals surface area contributed by atoms with Gasteiger partial charge in [-0.2, -0.15) is 0 Å². The summed E-state index contributed by atoms with van der Waals surface area (Å²) in [5.74, 6) is 0.704. The molecule has 0 aliphatic rings. The number of thioether (sulfide) groups is 1. The van der Waals surface area contributed by atoms with E-state index in [9.17, 15) is 0 Å². The molecule has 6 heteroatoms. The van der Waals surface area contributed by atoms with E-state index in [1.165, 1.54) is 17.4 Å². The first-order chi connectivity index (χ1) is 10.2. The summed E-state index contributed by atoms with van der Waals surface area (Å²) >= 11 is 7.45. The Hall–Kier alpha value is -1.46. The second kappa shape index (κ2) is 7.52. The minimum Gasteiger partial charge on any atom is -0.372 e. The van der Waals surface area contributed by atoms with Crippen molar-refractivity contribution in [2.45, 2.75) is 19.0 Å². The van der Waals surface area contributed by atoms with Gasteiger partial charge in [0.25, 0.3) is 0 Å². The smallest absolute Gasteiger partial charge is 0.190 e. The van der Waals surface area contributed by atoms with E-state index in [2.05, 4.69) is 46.2 Å². The molecule has 0 bridgehead atoms. The van der Waals surface area contributed by atoms with Crippen molar-refractivity contribution >= 4 is 40.6 Å². The van der Waals surface area contributed by atoms with Gasteiger partial charge in [-0.1, -0.05) is 23.4 Å². The zero-order valence-electron chi connectivity index (χ0n) is 12.4. The number of halogens is 1. The highest BCUT2D eigenvalue weighted by Crippen LogP contribution is 2.23. The SMILES string of the molecule is CCN(CC)c1ccc(Nc2cc(Cl)nc(SC)n2)cc1. The van der Waals surface area contributed by atoms with E-state index in [4.69, 9.17) is 11.6 Å². The van der Waals surface area contributed by atoms with Gasteiger partial charge in [-0.05, 0) is 44.4 Å². The molecule has 0 unspecified atom stereocenters. The van der Waals surface area contributed by atoms with Crippen LogP contribution >= 0.6 is 23.4 Å². The fraction of sp³-hybridized carbons (Fsp3) is 0.333. The molecule has 0 aliphatic heterocycles. The number of nitrogens with zero attached hydrogens (tertiary/aromatic N) is 3. The van der Waals surface area contributed by atoms with E-state index in [0.29, 0.717) is 16.1 Å². The Morgan fingerprint density at radius 1 is 1.14 bits per heavy atom. The Balaban J connectivity index is 2.15. The molecule has 2 aromatic rings. The molecule has 2 rings (SSSR count). The molecule has 1 aromatic heterocycles. The lowest BCUT2D eigenvalue weighted by molar-refractivity contribution is 0.866. The predicted molar refractivity (Wildman–Crippen MR) is 92.1 cm³/mol. The standard InChI is InChI=1S/C15H19ClN4S/c1-4-20(5-2)12-8-6-11(7-9-12)17-14-10-13(16)18-15(19-14)21-3/h6-10H,4-5H2,1-3H3,(H,17,18,19). The zero-order chi connectivity index (χ0) is 15.2. The monoisotopic (exact) mass is 322 g/mol. The molecule has 0 spiro atoms. The van der Waals surface area contributed by atoms with E-state index < -0.39 is 0 Å². The third-order valence-corrected chi connectivity index (χ3v) is 3.87. The lowest BCUT2D eigenvalue weighted by Crippen LogP contribution is -2.21. The van der Waals surface area contributed by atoms with Crippen LogP contribution in [0.15, 0.2) is 35.5 Å². The lowest BCUT2D eigenvalue weighted by atomic mass is 10.2. The molecule has 0 aliphatic carbocycles. The predicted octanol–water partition coefficient (Wildman–Crippen LogP) is 4.44. The molecule has 1 heterocycles. The maximum atomic E-state index is 5.99. The van der Waals surface area contributed by atoms with Gasteiger partial charge >= 0.3 is 0 Å². The van der Waals surface area contributed by atoms with Crippen LogP contribution in [-0.2, 0) is 0 Å². The summed E-state index contributed by atoms with van der Waals surface area (Å²) in [7, 11) is 0. The fourth-order valence-corrected chi connectivity index (χ4v) is 2.66. The van der Waals surface area contributed by atoms with E-state index in [1.807, 2.05) is 18.4 Å². The lowest BCUT2D eigenvalue weighted by Gasteiger charge is -2.21. The van der Waals surface area contributed by atoms with Gasteiger partial charge in [0.2, 0.25) is 0 Å². The number of aromatic nitrogens is 2. The summed E-state index contributed by atoms with van der Waals surface area (Å²) in [5.41, 5.74) is 2.20. The molecule has 0 saturated heterocycles. The summed E-state index contributed by atoms with van der Waals surface area (Å²) in [6, 6.07) is 10.0. The van der Waals surface area contributed by atoms with E-state index in [-0.39, 0.29) is 0 Å². The van der Waals surface area contributed by atoms with E-state index in [1.54, 1.807) is 6.07 Å². The molecule has 4 nitrogen and oxygen atoms in total. The Labute approximate surface area is 134 Å². The highest BCUT2D eigenvalue weighted by atomic mass is 35.5. The minimum absolute atomic E-state index is 0.441. The average molecular weight is 323 g/mol. The van der Waals surface area contributed by atoms with Crippen molar-refractivity contribution in [3.05, 3.63) is 35.5 Å². The largest absolute Gasteiger partial charge is 0.372 e. The molecule has 1 N–H and O–H groups in total. The van der Waals surface area contributed by atoms with Crippen LogP contribution in [0.25, 0.3) is 0 Å². The molecule has 0 amide bonds. The van der Waals surface area contributed by atoms with Crippen LogP contribution in [0.3, 0.4) is 0 Å². The number of anilines is 3. The van der Waals surface area contributed by atoms with Gasteiger partial charge in [0.15, 0.2) is 5.16 Å². The normalized spacial score (nSPS) is 10.5. The van der Waals surface area contributed by atoms with Gasteiger partial charge in [-0.15, -0.1) is 0 Å². The number of hydrogen-bond acceptors (Lipinski definition) is 5. The van der Waals surface area contributed by atoms with Crippen LogP contribution in [0.4, 0.5) is 17.2 Å². The molecule has 21 heavy (non-hydrogen) atoms. The van der Waals surface area contributed by atoms with E-state index >= 15 is 0 Å². The molecular formula is C15H19ClN4S. The Morgan fingerprint density at radius 2 is 1.81 bits per heavy atom. The summed E-state index contributed by atoms with van der Waals surface area (Å²) in [6.45, 7) is 6.31. The summed E-state index contributed by atoms with van der Waals surface area (Å²) in [6.07, 6.45) is 1.92. The number of benzene rings is 1. The van der Waals surface area contributed by atoms with Crippen LogP contribution < -0.4 is 10.2 Å². The number of rotatable bonds is 6. The zero-order valence-corrected chi connectivity index (χ0v) is 14.0. The summed E-state index contributed by atoms with van der Waals surface area (Å²) < 4.78 is 0. The van der Waals surface area contributed by atoms with Crippen molar-refractivity contribution in [2.24, 2.45) is 0 Å². The van der Waals surface area contributed by atoms with Gasteiger partial charge in [0.1, 0.15) is 11.0 Å². The Kier molecular flexibility index (Phi) is 5.70. The topological polar surface area (TPSA) is 41.0 Å². The summed E-state index contributed by atoms with van der Waals surface area (Å²) in [5, 5.41) is 4.35. The fourth-order valence-electron chi connectivity index (χ4n) is 2.04. The van der Waals surface area contributed by atoms with Crippen LogP contribution in [-0.4, -0.2) is 29.3 Å². The molecular weight excluding hydrogens is 304 g/mol. The van der Waals surface area contributed by atoms with Crippen molar-refractivity contribution in [3.8, 4) is 0 Å². The first kappa shape index (κ1) is 15.9. The van der Waals surface area contributed by atoms with E-state index in [0.717, 1.165) is 18.8 Å². The van der Waals surface area contributed by atoms with Crippen LogP contribution in [0.5, 0.6) is 0 Å². The van der Waals surface area contributed by atoms with Crippen LogP contribution in [0.1, 0.15) is 13.8 Å². The third kappa shape index (κ3) is 4.25. The van der Waals surface area contributed by atoms with Crippen molar-refractivity contribution in [1.29, 1.82) is 0 Å². The van der Waals surface area contributed by atoms with Gasteiger partial charge in [0.05, 0.1) is 0 Å². The van der Waals surface area contributed by atoms with Crippen molar-refractivity contribution < 1.29 is 0 Å². The quantitative estimate of drug-likeness (QED) is 0.483. The van der Waals surface area contributed by atoms with Crippen molar-refractivity contribution in [1.82, 2.24) is 9.97 Å². The number of hydrogen-bond donors (Lipinski definition) is 1. The first-order valence-corrected chi connectivity index (χ1v) is 8.47. The van der Waals surface area contributed by atoms with Crippen molar-refractivity contribution in [3.63, 3.8) is 0 Å². The van der Waals surface area contributed by atoms with Crippen LogP contribution in [0, 0.1) is 0 Å². The van der Waals surface area contributed by atoms with Crippen LogP contribution in [0.2, 0.25) is 5.15 Å². The molecule has 0 saturated carbocycles. The highest BCUT2D eigenvalue weighted by Gasteiger charge is 2.04. The molecule has 0 fully saturated rings. The summed E-state index contributed by atoms with van der Waals surface area (Å²) in [4.78, 5) is 10.8. The van der Waals surface area contributed by atoms with Gasteiger partial charge < -0.3 is 10.2 Å².